The molecule has 5 nitrogen and oxygen atoms in total. The van der Waals surface area contributed by atoms with Crippen LogP contribution in [0.2, 0.25) is 0 Å². The maximum Gasteiger partial charge on any atom is 0.257 e. The van der Waals surface area contributed by atoms with Crippen LogP contribution in [0.1, 0.15) is 10.4 Å². The second-order valence-corrected chi connectivity index (χ2v) is 5.83. The number of carbonyl (C=O) groups is 1. The zero-order valence-electron chi connectivity index (χ0n) is 14.2. The Kier molecular flexibility index (Phi) is 4.11. The van der Waals surface area contributed by atoms with Crippen molar-refractivity contribution in [3.8, 4) is 11.4 Å². The Labute approximate surface area is 150 Å². The molecule has 0 aliphatic rings. The fraction of sp³-hybridized carbons (Fsp3) is 0.0476. The first-order chi connectivity index (χ1) is 12.7. The van der Waals surface area contributed by atoms with E-state index in [1.54, 1.807) is 17.9 Å². The summed E-state index contributed by atoms with van der Waals surface area (Å²) in [6.45, 7) is 0. The van der Waals surface area contributed by atoms with Crippen LogP contribution in [0.3, 0.4) is 0 Å². The van der Waals surface area contributed by atoms with Gasteiger partial charge in [0.2, 0.25) is 0 Å². The molecule has 1 N–H and O–H groups in total. The van der Waals surface area contributed by atoms with E-state index in [1.807, 2.05) is 72.9 Å². The number of fused-ring (bicyclic) bond motifs is 1. The number of nitrogens with zero attached hydrogens (tertiary/aromatic N) is 2. The SMILES string of the molecule is COc1ccc(NC(=O)c2ccccc2-n2cc3ccccc3n2)cc1. The first-order valence-corrected chi connectivity index (χ1v) is 8.24. The minimum absolute atomic E-state index is 0.190. The van der Waals surface area contributed by atoms with Gasteiger partial charge in [0, 0.05) is 17.3 Å². The second-order valence-electron chi connectivity index (χ2n) is 5.83. The number of methoxy groups -OCH3 is 1. The molecule has 1 heterocycles. The molecule has 128 valence electrons. The summed E-state index contributed by atoms with van der Waals surface area (Å²) in [7, 11) is 1.61. The number of amides is 1. The Balaban J connectivity index is 1.67. The van der Waals surface area contributed by atoms with E-state index >= 15 is 0 Å². The maximum absolute atomic E-state index is 12.8. The average molecular weight is 343 g/mol. The third-order valence-corrected chi connectivity index (χ3v) is 4.16. The van der Waals surface area contributed by atoms with Gasteiger partial charge in [-0.3, -0.25) is 4.79 Å². The largest absolute Gasteiger partial charge is 0.497 e. The molecule has 3 aromatic carbocycles. The van der Waals surface area contributed by atoms with Crippen LogP contribution in [-0.4, -0.2) is 22.8 Å². The van der Waals surface area contributed by atoms with Gasteiger partial charge in [0.15, 0.2) is 0 Å². The Hall–Kier alpha value is -3.60. The van der Waals surface area contributed by atoms with Crippen molar-refractivity contribution in [2.75, 3.05) is 12.4 Å². The van der Waals surface area contributed by atoms with Gasteiger partial charge in [-0.15, -0.1) is 0 Å². The van der Waals surface area contributed by atoms with Crippen molar-refractivity contribution in [2.24, 2.45) is 0 Å². The summed E-state index contributed by atoms with van der Waals surface area (Å²) in [6.07, 6.45) is 1.93. The fourth-order valence-electron chi connectivity index (χ4n) is 2.83. The lowest BCUT2D eigenvalue weighted by Gasteiger charge is -2.10. The molecule has 1 amide bonds. The number of ether oxygens (including phenoxy) is 1. The molecular weight excluding hydrogens is 326 g/mol. The highest BCUT2D eigenvalue weighted by molar-refractivity contribution is 6.06. The zero-order valence-corrected chi connectivity index (χ0v) is 14.2. The van der Waals surface area contributed by atoms with E-state index in [0.29, 0.717) is 11.3 Å². The standard InChI is InChI=1S/C21H17N3O2/c1-26-17-12-10-16(11-13-17)22-21(25)18-7-3-5-9-20(18)24-14-15-6-2-4-8-19(15)23-24/h2-14H,1H3,(H,22,25). The molecule has 1 aromatic heterocycles. The molecule has 0 aliphatic heterocycles. The third kappa shape index (κ3) is 3.02. The molecule has 0 bridgehead atoms. The molecule has 4 aromatic rings. The maximum atomic E-state index is 12.8. The third-order valence-electron chi connectivity index (χ3n) is 4.16. The first kappa shape index (κ1) is 15.9. The number of aromatic nitrogens is 2. The number of para-hydroxylation sites is 1. The van der Waals surface area contributed by atoms with Crippen LogP contribution in [0.4, 0.5) is 5.69 Å². The lowest BCUT2D eigenvalue weighted by atomic mass is 10.1. The van der Waals surface area contributed by atoms with E-state index in [9.17, 15) is 4.79 Å². The molecule has 26 heavy (non-hydrogen) atoms. The molecule has 0 atom stereocenters. The fourth-order valence-corrected chi connectivity index (χ4v) is 2.83. The Bertz CT molecular complexity index is 1040. The predicted octanol–water partition coefficient (Wildman–Crippen LogP) is 4.29. The van der Waals surface area contributed by atoms with Gasteiger partial charge in [-0.1, -0.05) is 30.3 Å². The van der Waals surface area contributed by atoms with E-state index in [-0.39, 0.29) is 5.91 Å². The van der Waals surface area contributed by atoms with Crippen molar-refractivity contribution in [3.05, 3.63) is 84.6 Å². The minimum Gasteiger partial charge on any atom is -0.497 e. The topological polar surface area (TPSA) is 56.1 Å². The van der Waals surface area contributed by atoms with E-state index in [4.69, 9.17) is 4.74 Å². The molecule has 0 spiro atoms. The summed E-state index contributed by atoms with van der Waals surface area (Å²) in [6, 6.07) is 22.5. The molecule has 4 rings (SSSR count). The van der Waals surface area contributed by atoms with Crippen molar-refractivity contribution in [1.29, 1.82) is 0 Å². The van der Waals surface area contributed by atoms with Crippen molar-refractivity contribution < 1.29 is 9.53 Å². The Morgan fingerprint density at radius 2 is 1.69 bits per heavy atom. The molecule has 0 saturated carbocycles. The van der Waals surface area contributed by atoms with Crippen molar-refractivity contribution in [1.82, 2.24) is 9.78 Å². The predicted molar refractivity (Wildman–Crippen MR) is 102 cm³/mol. The monoisotopic (exact) mass is 343 g/mol. The summed E-state index contributed by atoms with van der Waals surface area (Å²) in [5.41, 5.74) is 2.87. The van der Waals surface area contributed by atoms with Gasteiger partial charge in [0.25, 0.3) is 5.91 Å². The molecule has 0 radical (unpaired) electrons. The van der Waals surface area contributed by atoms with E-state index in [2.05, 4.69) is 10.4 Å². The average Bonchev–Trinajstić information content (AvgIpc) is 3.12. The highest BCUT2D eigenvalue weighted by Gasteiger charge is 2.14. The van der Waals surface area contributed by atoms with Gasteiger partial charge in [-0.25, -0.2) is 4.68 Å². The second kappa shape index (κ2) is 6.72. The number of hydrogen-bond acceptors (Lipinski definition) is 3. The summed E-state index contributed by atoms with van der Waals surface area (Å²) < 4.78 is 6.88. The van der Waals surface area contributed by atoms with Gasteiger partial charge in [0.05, 0.1) is 23.9 Å². The van der Waals surface area contributed by atoms with Crippen LogP contribution in [0.25, 0.3) is 16.6 Å². The van der Waals surface area contributed by atoms with E-state index < -0.39 is 0 Å². The minimum atomic E-state index is -0.190. The first-order valence-electron chi connectivity index (χ1n) is 8.24. The van der Waals surface area contributed by atoms with Gasteiger partial charge in [-0.2, -0.15) is 5.10 Å². The van der Waals surface area contributed by atoms with Gasteiger partial charge in [-0.05, 0) is 42.5 Å². The van der Waals surface area contributed by atoms with Crippen LogP contribution in [0.5, 0.6) is 5.75 Å². The summed E-state index contributed by atoms with van der Waals surface area (Å²) in [5.74, 6) is 0.553. The van der Waals surface area contributed by atoms with Crippen molar-refractivity contribution in [3.63, 3.8) is 0 Å². The Morgan fingerprint density at radius 3 is 2.46 bits per heavy atom. The number of hydrogen-bond donors (Lipinski definition) is 1. The molecule has 5 heteroatoms. The van der Waals surface area contributed by atoms with Gasteiger partial charge < -0.3 is 10.1 Å². The number of nitrogens with one attached hydrogen (secondary N) is 1. The smallest absolute Gasteiger partial charge is 0.257 e. The summed E-state index contributed by atoms with van der Waals surface area (Å²) in [5, 5.41) is 8.52. The van der Waals surface area contributed by atoms with Crippen LogP contribution in [-0.2, 0) is 0 Å². The van der Waals surface area contributed by atoms with Gasteiger partial charge >= 0.3 is 0 Å². The summed E-state index contributed by atoms with van der Waals surface area (Å²) >= 11 is 0. The highest BCUT2D eigenvalue weighted by Crippen LogP contribution is 2.21. The van der Waals surface area contributed by atoms with E-state index in [1.165, 1.54) is 0 Å². The van der Waals surface area contributed by atoms with Gasteiger partial charge in [0.1, 0.15) is 5.75 Å². The van der Waals surface area contributed by atoms with Crippen LogP contribution < -0.4 is 10.1 Å². The molecule has 0 fully saturated rings. The normalized spacial score (nSPS) is 10.7. The van der Waals surface area contributed by atoms with Crippen LogP contribution in [0.15, 0.2) is 79.0 Å². The van der Waals surface area contributed by atoms with Crippen molar-refractivity contribution in [2.45, 2.75) is 0 Å². The number of anilines is 1. The highest BCUT2D eigenvalue weighted by atomic mass is 16.5. The lowest BCUT2D eigenvalue weighted by Crippen LogP contribution is -2.15. The summed E-state index contributed by atoms with van der Waals surface area (Å²) in [4.78, 5) is 12.8. The molecule has 0 aliphatic carbocycles. The lowest BCUT2D eigenvalue weighted by molar-refractivity contribution is 0.102. The van der Waals surface area contributed by atoms with Crippen LogP contribution in [0, 0.1) is 0 Å². The quantitative estimate of drug-likeness (QED) is 0.601. The van der Waals surface area contributed by atoms with Crippen molar-refractivity contribution >= 4 is 22.5 Å². The Morgan fingerprint density at radius 1 is 0.962 bits per heavy atom. The molecule has 0 saturated heterocycles. The van der Waals surface area contributed by atoms with E-state index in [0.717, 1.165) is 22.3 Å². The molecule has 0 unspecified atom stereocenters. The number of rotatable bonds is 4. The molecular formula is C21H17N3O2. The number of carbonyl (C=O) groups excluding carboxylic acids is 1. The van der Waals surface area contributed by atoms with Crippen LogP contribution >= 0.6 is 0 Å². The number of benzene rings is 3. The zero-order chi connectivity index (χ0) is 17.9.